The van der Waals surface area contributed by atoms with E-state index in [0.717, 1.165) is 45.3 Å². The Hall–Kier alpha value is -1.58. The standard InChI is InChI=1S/C15H21N3O/c19-15(17-8-2-1-3-9-17)12-18-10-4-5-13-11-16-7-6-14(13)18/h6-7,11H,1-5,8-10,12H2. The average molecular weight is 259 g/mol. The molecule has 3 heterocycles. The van der Waals surface area contributed by atoms with E-state index >= 15 is 0 Å². The molecule has 1 fully saturated rings. The van der Waals surface area contributed by atoms with Crippen LogP contribution in [0.5, 0.6) is 0 Å². The quantitative estimate of drug-likeness (QED) is 0.813. The van der Waals surface area contributed by atoms with E-state index in [-0.39, 0.29) is 5.91 Å². The van der Waals surface area contributed by atoms with Crippen molar-refractivity contribution in [2.45, 2.75) is 32.1 Å². The summed E-state index contributed by atoms with van der Waals surface area (Å²) in [5.74, 6) is 0.282. The lowest BCUT2D eigenvalue weighted by Gasteiger charge is -2.33. The van der Waals surface area contributed by atoms with Gasteiger partial charge in [-0.25, -0.2) is 0 Å². The van der Waals surface area contributed by atoms with Crippen LogP contribution in [0.2, 0.25) is 0 Å². The Labute approximate surface area is 114 Å². The fourth-order valence-electron chi connectivity index (χ4n) is 3.07. The van der Waals surface area contributed by atoms with E-state index in [9.17, 15) is 4.79 Å². The second-order valence-corrected chi connectivity index (χ2v) is 5.47. The molecule has 0 spiro atoms. The lowest BCUT2D eigenvalue weighted by Crippen LogP contribution is -2.44. The van der Waals surface area contributed by atoms with Crippen molar-refractivity contribution in [3.8, 4) is 0 Å². The van der Waals surface area contributed by atoms with Gasteiger partial charge in [0.1, 0.15) is 0 Å². The molecule has 0 N–H and O–H groups in total. The average Bonchev–Trinajstić information content (AvgIpc) is 2.48. The van der Waals surface area contributed by atoms with Gasteiger partial charge >= 0.3 is 0 Å². The molecule has 0 aliphatic carbocycles. The van der Waals surface area contributed by atoms with E-state index in [1.165, 1.54) is 17.7 Å². The van der Waals surface area contributed by atoms with Crippen LogP contribution in [0.3, 0.4) is 0 Å². The normalized spacial score (nSPS) is 19.2. The van der Waals surface area contributed by atoms with Crippen molar-refractivity contribution >= 4 is 11.6 Å². The molecule has 2 aliphatic rings. The summed E-state index contributed by atoms with van der Waals surface area (Å²) in [6.07, 6.45) is 9.54. The van der Waals surface area contributed by atoms with Crippen LogP contribution in [0.25, 0.3) is 0 Å². The van der Waals surface area contributed by atoms with Gasteiger partial charge in [-0.15, -0.1) is 0 Å². The Balaban J connectivity index is 1.68. The Morgan fingerprint density at radius 3 is 2.84 bits per heavy atom. The third kappa shape index (κ3) is 2.72. The molecule has 1 aromatic rings. The summed E-state index contributed by atoms with van der Waals surface area (Å²) in [7, 11) is 0. The second kappa shape index (κ2) is 5.59. The summed E-state index contributed by atoms with van der Waals surface area (Å²) in [6, 6.07) is 2.04. The molecule has 3 rings (SSSR count). The molecule has 0 radical (unpaired) electrons. The first-order valence-electron chi connectivity index (χ1n) is 7.30. The number of hydrogen-bond acceptors (Lipinski definition) is 3. The monoisotopic (exact) mass is 259 g/mol. The minimum absolute atomic E-state index is 0.282. The van der Waals surface area contributed by atoms with Gasteiger partial charge in [0.2, 0.25) is 5.91 Å². The van der Waals surface area contributed by atoms with E-state index in [4.69, 9.17) is 0 Å². The highest BCUT2D eigenvalue weighted by Gasteiger charge is 2.22. The van der Waals surface area contributed by atoms with Crippen LogP contribution in [0.4, 0.5) is 5.69 Å². The highest BCUT2D eigenvalue weighted by Crippen LogP contribution is 2.25. The van der Waals surface area contributed by atoms with Crippen LogP contribution in [-0.2, 0) is 11.2 Å². The first-order valence-corrected chi connectivity index (χ1v) is 7.30. The maximum absolute atomic E-state index is 12.3. The topological polar surface area (TPSA) is 36.4 Å². The number of rotatable bonds is 2. The zero-order chi connectivity index (χ0) is 13.1. The Morgan fingerprint density at radius 1 is 1.16 bits per heavy atom. The van der Waals surface area contributed by atoms with Gasteiger partial charge in [0.15, 0.2) is 0 Å². The summed E-state index contributed by atoms with van der Waals surface area (Å²) < 4.78 is 0. The Kier molecular flexibility index (Phi) is 3.67. The summed E-state index contributed by atoms with van der Waals surface area (Å²) in [6.45, 7) is 3.39. The van der Waals surface area contributed by atoms with Crippen molar-refractivity contribution in [3.05, 3.63) is 24.0 Å². The van der Waals surface area contributed by atoms with Crippen molar-refractivity contribution in [1.82, 2.24) is 9.88 Å². The number of carbonyl (C=O) groups excluding carboxylic acids is 1. The predicted molar refractivity (Wildman–Crippen MR) is 75.2 cm³/mol. The molecular weight excluding hydrogens is 238 g/mol. The zero-order valence-electron chi connectivity index (χ0n) is 11.3. The van der Waals surface area contributed by atoms with Gasteiger partial charge in [0.25, 0.3) is 0 Å². The summed E-state index contributed by atoms with van der Waals surface area (Å²) in [5.41, 5.74) is 2.48. The van der Waals surface area contributed by atoms with Crippen LogP contribution in [0.1, 0.15) is 31.2 Å². The van der Waals surface area contributed by atoms with E-state index in [2.05, 4.69) is 9.88 Å². The summed E-state index contributed by atoms with van der Waals surface area (Å²) in [5, 5.41) is 0. The summed E-state index contributed by atoms with van der Waals surface area (Å²) in [4.78, 5) is 20.8. The fraction of sp³-hybridized carbons (Fsp3) is 0.600. The number of fused-ring (bicyclic) bond motifs is 1. The highest BCUT2D eigenvalue weighted by molar-refractivity contribution is 5.82. The van der Waals surface area contributed by atoms with Gasteiger partial charge in [0, 0.05) is 37.7 Å². The maximum atomic E-state index is 12.3. The van der Waals surface area contributed by atoms with Crippen LogP contribution in [0.15, 0.2) is 18.5 Å². The number of hydrogen-bond donors (Lipinski definition) is 0. The molecule has 19 heavy (non-hydrogen) atoms. The van der Waals surface area contributed by atoms with Crippen LogP contribution in [0, 0.1) is 0 Å². The first-order chi connectivity index (χ1) is 9.34. The van der Waals surface area contributed by atoms with Gasteiger partial charge in [0.05, 0.1) is 6.54 Å². The van der Waals surface area contributed by atoms with Crippen molar-refractivity contribution < 1.29 is 4.79 Å². The second-order valence-electron chi connectivity index (χ2n) is 5.47. The number of aryl methyl sites for hydroxylation is 1. The number of likely N-dealkylation sites (tertiary alicyclic amines) is 1. The van der Waals surface area contributed by atoms with Gasteiger partial charge in [-0.05, 0) is 43.7 Å². The third-order valence-electron chi connectivity index (χ3n) is 4.13. The fourth-order valence-corrected chi connectivity index (χ4v) is 3.07. The molecule has 0 bridgehead atoms. The molecule has 0 saturated carbocycles. The summed E-state index contributed by atoms with van der Waals surface area (Å²) >= 11 is 0. The lowest BCUT2D eigenvalue weighted by molar-refractivity contribution is -0.130. The van der Waals surface area contributed by atoms with Crippen LogP contribution in [-0.4, -0.2) is 42.0 Å². The molecule has 102 valence electrons. The Morgan fingerprint density at radius 2 is 2.00 bits per heavy atom. The van der Waals surface area contributed by atoms with Gasteiger partial charge in [-0.2, -0.15) is 0 Å². The van der Waals surface area contributed by atoms with Gasteiger partial charge in [-0.3, -0.25) is 9.78 Å². The smallest absolute Gasteiger partial charge is 0.242 e. The number of amides is 1. The third-order valence-corrected chi connectivity index (χ3v) is 4.13. The van der Waals surface area contributed by atoms with Crippen LogP contribution >= 0.6 is 0 Å². The first kappa shape index (κ1) is 12.5. The largest absolute Gasteiger partial charge is 0.362 e. The van der Waals surface area contributed by atoms with E-state index in [0.29, 0.717) is 6.54 Å². The number of piperidine rings is 1. The van der Waals surface area contributed by atoms with Gasteiger partial charge in [-0.1, -0.05) is 0 Å². The van der Waals surface area contributed by atoms with Crippen molar-refractivity contribution in [1.29, 1.82) is 0 Å². The molecule has 1 amide bonds. The molecule has 0 aromatic carbocycles. The molecule has 0 unspecified atom stereocenters. The van der Waals surface area contributed by atoms with Crippen LogP contribution < -0.4 is 4.90 Å². The van der Waals surface area contributed by atoms with E-state index in [1.807, 2.05) is 23.4 Å². The van der Waals surface area contributed by atoms with E-state index in [1.54, 1.807) is 0 Å². The highest BCUT2D eigenvalue weighted by atomic mass is 16.2. The van der Waals surface area contributed by atoms with E-state index < -0.39 is 0 Å². The minimum atomic E-state index is 0.282. The molecular formula is C15H21N3O. The molecule has 0 atom stereocenters. The lowest BCUT2D eigenvalue weighted by atomic mass is 10.0. The molecule has 4 heteroatoms. The zero-order valence-corrected chi connectivity index (χ0v) is 11.3. The minimum Gasteiger partial charge on any atom is -0.362 e. The van der Waals surface area contributed by atoms with Crippen molar-refractivity contribution in [3.63, 3.8) is 0 Å². The van der Waals surface area contributed by atoms with Crippen molar-refractivity contribution in [2.24, 2.45) is 0 Å². The van der Waals surface area contributed by atoms with Gasteiger partial charge < -0.3 is 9.80 Å². The number of carbonyl (C=O) groups is 1. The predicted octanol–water partition coefficient (Wildman–Crippen LogP) is 1.85. The maximum Gasteiger partial charge on any atom is 0.242 e. The molecule has 2 aliphatic heterocycles. The van der Waals surface area contributed by atoms with Crippen molar-refractivity contribution in [2.75, 3.05) is 31.1 Å². The molecule has 1 saturated heterocycles. The number of anilines is 1. The Bertz CT molecular complexity index is 454. The number of aromatic nitrogens is 1. The SMILES string of the molecule is O=C(CN1CCCc2cnccc21)N1CCCCC1. The number of pyridine rings is 1. The molecule has 4 nitrogen and oxygen atoms in total. The number of nitrogens with zero attached hydrogens (tertiary/aromatic N) is 3. The molecule has 1 aromatic heterocycles.